The van der Waals surface area contributed by atoms with Gasteiger partial charge in [-0.05, 0) is 12.8 Å². The highest BCUT2D eigenvalue weighted by Crippen LogP contribution is 2.40. The summed E-state index contributed by atoms with van der Waals surface area (Å²) >= 11 is 0. The van der Waals surface area contributed by atoms with Gasteiger partial charge in [0.15, 0.2) is 0 Å². The summed E-state index contributed by atoms with van der Waals surface area (Å²) in [5, 5.41) is 8.09. The maximum atomic E-state index is 5.56. The molecule has 0 aliphatic heterocycles. The van der Waals surface area contributed by atoms with Crippen LogP contribution in [0.25, 0.3) is 0 Å². The number of rotatable bonds is 2. The summed E-state index contributed by atoms with van der Waals surface area (Å²) in [6, 6.07) is 0. The van der Waals surface area contributed by atoms with Crippen molar-refractivity contribution in [2.24, 2.45) is 5.73 Å². The van der Waals surface area contributed by atoms with Gasteiger partial charge in [0, 0.05) is 6.54 Å². The lowest BCUT2D eigenvalue weighted by Crippen LogP contribution is -2.28. The second-order valence-corrected chi connectivity index (χ2v) is 2.75. The number of nitrogens with zero attached hydrogens (tertiary/aromatic N) is 3. The molecule has 4 nitrogen and oxygen atoms in total. The molecule has 0 aromatic carbocycles. The Balaban J connectivity index is 0.000000605. The minimum atomic E-state index is 0. The average Bonchev–Trinajstić information content (AvgIpc) is 2.58. The van der Waals surface area contributed by atoms with Gasteiger partial charge < -0.3 is 5.73 Å². The van der Waals surface area contributed by atoms with Gasteiger partial charge in [0.25, 0.3) is 0 Å². The van der Waals surface area contributed by atoms with Gasteiger partial charge in [-0.15, -0.1) is 12.4 Å². The van der Waals surface area contributed by atoms with Crippen molar-refractivity contribution in [3.63, 3.8) is 0 Å². The molecule has 0 spiro atoms. The molecule has 0 atom stereocenters. The molecular formula is C6H11ClN4. The molecule has 0 bridgehead atoms. The fourth-order valence-electron chi connectivity index (χ4n) is 1.09. The second-order valence-electron chi connectivity index (χ2n) is 2.75. The Morgan fingerprint density at radius 2 is 1.91 bits per heavy atom. The van der Waals surface area contributed by atoms with Gasteiger partial charge in [-0.3, -0.25) is 0 Å². The monoisotopic (exact) mass is 174 g/mol. The van der Waals surface area contributed by atoms with Gasteiger partial charge in [0.05, 0.1) is 17.9 Å². The van der Waals surface area contributed by atoms with Crippen molar-refractivity contribution in [1.82, 2.24) is 15.0 Å². The minimum Gasteiger partial charge on any atom is -0.328 e. The Kier molecular flexibility index (Phi) is 2.15. The van der Waals surface area contributed by atoms with Crippen LogP contribution < -0.4 is 5.73 Å². The SMILES string of the molecule is Cl.NCC1(n2nccn2)CC1. The zero-order chi connectivity index (χ0) is 7.03. The van der Waals surface area contributed by atoms with Gasteiger partial charge >= 0.3 is 0 Å². The molecule has 0 unspecified atom stereocenters. The van der Waals surface area contributed by atoms with Crippen molar-refractivity contribution < 1.29 is 0 Å². The van der Waals surface area contributed by atoms with Crippen molar-refractivity contribution in [3.05, 3.63) is 12.4 Å². The lowest BCUT2D eigenvalue weighted by atomic mass is 10.3. The first-order chi connectivity index (χ1) is 4.87. The fraction of sp³-hybridized carbons (Fsp3) is 0.667. The molecule has 5 heteroatoms. The maximum absolute atomic E-state index is 5.56. The molecule has 11 heavy (non-hydrogen) atoms. The van der Waals surface area contributed by atoms with Crippen LogP contribution in [0.1, 0.15) is 12.8 Å². The molecule has 1 fully saturated rings. The zero-order valence-corrected chi connectivity index (χ0v) is 6.92. The van der Waals surface area contributed by atoms with Crippen LogP contribution in [0.5, 0.6) is 0 Å². The van der Waals surface area contributed by atoms with Crippen LogP contribution in [-0.4, -0.2) is 21.5 Å². The van der Waals surface area contributed by atoms with Crippen molar-refractivity contribution in [2.45, 2.75) is 18.4 Å². The molecule has 1 aliphatic carbocycles. The van der Waals surface area contributed by atoms with E-state index in [2.05, 4.69) is 10.2 Å². The van der Waals surface area contributed by atoms with Crippen molar-refractivity contribution >= 4 is 12.4 Å². The Morgan fingerprint density at radius 3 is 2.27 bits per heavy atom. The molecule has 1 aromatic heterocycles. The third kappa shape index (κ3) is 1.23. The molecule has 2 N–H and O–H groups in total. The molecule has 0 radical (unpaired) electrons. The maximum Gasteiger partial charge on any atom is 0.0947 e. The summed E-state index contributed by atoms with van der Waals surface area (Å²) in [5.74, 6) is 0. The van der Waals surface area contributed by atoms with Crippen molar-refractivity contribution in [3.8, 4) is 0 Å². The van der Waals surface area contributed by atoms with E-state index in [0.717, 1.165) is 12.8 Å². The van der Waals surface area contributed by atoms with Gasteiger partial charge in [-0.2, -0.15) is 15.0 Å². The fourth-order valence-corrected chi connectivity index (χ4v) is 1.09. The third-order valence-electron chi connectivity index (χ3n) is 2.05. The summed E-state index contributed by atoms with van der Waals surface area (Å²) in [5.41, 5.74) is 5.65. The highest BCUT2D eigenvalue weighted by atomic mass is 35.5. The summed E-state index contributed by atoms with van der Waals surface area (Å²) in [6.45, 7) is 0.654. The smallest absolute Gasteiger partial charge is 0.0947 e. The molecular weight excluding hydrogens is 164 g/mol. The summed E-state index contributed by atoms with van der Waals surface area (Å²) in [4.78, 5) is 1.73. The highest BCUT2D eigenvalue weighted by Gasteiger charge is 2.45. The number of hydrogen-bond donors (Lipinski definition) is 1. The van der Waals surface area contributed by atoms with Crippen LogP contribution in [0, 0.1) is 0 Å². The first kappa shape index (κ1) is 8.49. The molecule has 1 saturated carbocycles. The van der Waals surface area contributed by atoms with E-state index in [-0.39, 0.29) is 17.9 Å². The molecule has 62 valence electrons. The topological polar surface area (TPSA) is 56.7 Å². The van der Waals surface area contributed by atoms with E-state index in [4.69, 9.17) is 5.73 Å². The van der Waals surface area contributed by atoms with E-state index in [1.54, 1.807) is 17.2 Å². The van der Waals surface area contributed by atoms with E-state index in [1.807, 2.05) is 0 Å². The Morgan fingerprint density at radius 1 is 1.36 bits per heavy atom. The van der Waals surface area contributed by atoms with Crippen LogP contribution in [0.4, 0.5) is 0 Å². The Labute approximate surface area is 71.2 Å². The Hall–Kier alpha value is -0.610. The predicted octanol–water partition coefficient (Wildman–Crippen LogP) is 0.148. The van der Waals surface area contributed by atoms with Gasteiger partial charge in [0.1, 0.15) is 0 Å². The van der Waals surface area contributed by atoms with Crippen LogP contribution in [0.3, 0.4) is 0 Å². The Bertz CT molecular complexity index is 216. The molecule has 0 amide bonds. The zero-order valence-electron chi connectivity index (χ0n) is 6.10. The largest absolute Gasteiger partial charge is 0.328 e. The third-order valence-corrected chi connectivity index (χ3v) is 2.05. The average molecular weight is 175 g/mol. The number of nitrogens with two attached hydrogens (primary N) is 1. The van der Waals surface area contributed by atoms with Crippen LogP contribution >= 0.6 is 12.4 Å². The van der Waals surface area contributed by atoms with Crippen molar-refractivity contribution in [2.75, 3.05) is 6.54 Å². The number of halogens is 1. The predicted molar refractivity (Wildman–Crippen MR) is 43.5 cm³/mol. The normalized spacial score (nSPS) is 19.0. The van der Waals surface area contributed by atoms with Crippen LogP contribution in [0.2, 0.25) is 0 Å². The van der Waals surface area contributed by atoms with Crippen LogP contribution in [0.15, 0.2) is 12.4 Å². The summed E-state index contributed by atoms with van der Waals surface area (Å²) in [7, 11) is 0. The van der Waals surface area contributed by atoms with E-state index >= 15 is 0 Å². The second kappa shape index (κ2) is 2.79. The number of aromatic nitrogens is 3. The molecule has 1 aromatic rings. The molecule has 0 saturated heterocycles. The number of hydrogen-bond acceptors (Lipinski definition) is 3. The van der Waals surface area contributed by atoms with Gasteiger partial charge in [-0.1, -0.05) is 0 Å². The van der Waals surface area contributed by atoms with Crippen LogP contribution in [-0.2, 0) is 5.54 Å². The standard InChI is InChI=1S/C6H10N4.ClH/c7-5-6(1-2-6)10-8-3-4-9-10;/h3-4H,1-2,5,7H2;1H. The molecule has 1 aliphatic rings. The van der Waals surface area contributed by atoms with E-state index < -0.39 is 0 Å². The lowest BCUT2D eigenvalue weighted by Gasteiger charge is -2.09. The first-order valence-corrected chi connectivity index (χ1v) is 3.44. The quantitative estimate of drug-likeness (QED) is 0.695. The first-order valence-electron chi connectivity index (χ1n) is 3.44. The highest BCUT2D eigenvalue weighted by molar-refractivity contribution is 5.85. The molecule has 2 rings (SSSR count). The van der Waals surface area contributed by atoms with Gasteiger partial charge in [0.2, 0.25) is 0 Å². The van der Waals surface area contributed by atoms with E-state index in [1.165, 1.54) is 0 Å². The lowest BCUT2D eigenvalue weighted by molar-refractivity contribution is 0.389. The van der Waals surface area contributed by atoms with Gasteiger partial charge in [-0.25, -0.2) is 0 Å². The molecule has 1 heterocycles. The van der Waals surface area contributed by atoms with E-state index in [0.29, 0.717) is 6.54 Å². The van der Waals surface area contributed by atoms with Crippen molar-refractivity contribution in [1.29, 1.82) is 0 Å². The summed E-state index contributed by atoms with van der Waals surface area (Å²) < 4.78 is 0. The van der Waals surface area contributed by atoms with E-state index in [9.17, 15) is 0 Å². The minimum absolute atomic E-state index is 0. The summed E-state index contributed by atoms with van der Waals surface area (Å²) in [6.07, 6.45) is 5.63.